The third kappa shape index (κ3) is 10.7. The number of nitrogens with one attached hydrogen (secondary N) is 2. The van der Waals surface area contributed by atoms with Crippen LogP contribution in [0.2, 0.25) is 0 Å². The van der Waals surface area contributed by atoms with Crippen molar-refractivity contribution in [2.75, 3.05) is 38.0 Å². The summed E-state index contributed by atoms with van der Waals surface area (Å²) in [6.07, 6.45) is 5.21. The molecule has 14 heteroatoms. The van der Waals surface area contributed by atoms with Crippen molar-refractivity contribution in [2.45, 2.75) is 12.8 Å². The van der Waals surface area contributed by atoms with Gasteiger partial charge in [-0.15, -0.1) is 11.3 Å². The Hall–Kier alpha value is -4.63. The molecule has 4 heterocycles. The van der Waals surface area contributed by atoms with Gasteiger partial charge >= 0.3 is 0 Å². The van der Waals surface area contributed by atoms with E-state index in [1.807, 2.05) is 39.5 Å². The molecule has 54 heavy (non-hydrogen) atoms. The molecule has 8 rings (SSSR count). The third-order valence-corrected chi connectivity index (χ3v) is 10.8. The molecule has 0 spiro atoms. The molecule has 2 N–H and O–H groups in total. The molecule has 4 aromatic carbocycles. The summed E-state index contributed by atoms with van der Waals surface area (Å²) in [4.78, 5) is 33.8. The molecule has 2 aromatic heterocycles. The van der Waals surface area contributed by atoms with Gasteiger partial charge in [-0.25, -0.2) is 18.2 Å². The molecular formula is C40H35Br2F3N6O2S. The summed E-state index contributed by atoms with van der Waals surface area (Å²) in [5, 5.41) is 13.1. The van der Waals surface area contributed by atoms with Gasteiger partial charge in [0.05, 0.1) is 23.7 Å². The summed E-state index contributed by atoms with van der Waals surface area (Å²) in [5.74, 6) is -1.01. The molecule has 278 valence electrons. The maximum atomic E-state index is 13.4. The number of amides is 2. The Balaban J connectivity index is 0.000000296. The van der Waals surface area contributed by atoms with E-state index in [0.29, 0.717) is 44.0 Å². The van der Waals surface area contributed by atoms with Crippen LogP contribution in [0, 0.1) is 23.4 Å². The number of carbonyl (C=O) groups excluding carboxylic acids is 2. The van der Waals surface area contributed by atoms with E-state index in [1.165, 1.54) is 36.4 Å². The number of hydrogen-bond acceptors (Lipinski definition) is 6. The van der Waals surface area contributed by atoms with Gasteiger partial charge in [-0.3, -0.25) is 19.6 Å². The number of nitrogens with zero attached hydrogens (tertiary/aromatic N) is 4. The number of aromatic nitrogens is 3. The van der Waals surface area contributed by atoms with Crippen molar-refractivity contribution in [1.82, 2.24) is 25.0 Å². The second kappa shape index (κ2) is 18.6. The lowest BCUT2D eigenvalue weighted by Gasteiger charge is -2.28. The molecule has 1 atom stereocenters. The van der Waals surface area contributed by atoms with Crippen molar-refractivity contribution in [3.05, 3.63) is 140 Å². The van der Waals surface area contributed by atoms with Crippen LogP contribution >= 0.6 is 43.2 Å². The number of benzene rings is 4. The number of anilines is 1. The van der Waals surface area contributed by atoms with Crippen molar-refractivity contribution < 1.29 is 22.8 Å². The van der Waals surface area contributed by atoms with Gasteiger partial charge in [-0.05, 0) is 125 Å². The Labute approximate surface area is 331 Å². The Morgan fingerprint density at radius 1 is 0.870 bits per heavy atom. The molecule has 6 aromatic rings. The van der Waals surface area contributed by atoms with E-state index in [4.69, 9.17) is 0 Å². The molecule has 0 radical (unpaired) electrons. The van der Waals surface area contributed by atoms with Gasteiger partial charge in [0.2, 0.25) is 11.8 Å². The van der Waals surface area contributed by atoms with E-state index in [2.05, 4.69) is 52.4 Å². The van der Waals surface area contributed by atoms with Gasteiger partial charge in [0.1, 0.15) is 17.5 Å². The van der Waals surface area contributed by atoms with Crippen LogP contribution in [0.25, 0.3) is 27.7 Å². The minimum absolute atomic E-state index is 0.0502. The van der Waals surface area contributed by atoms with Gasteiger partial charge in [0.15, 0.2) is 3.92 Å². The third-order valence-electron chi connectivity index (χ3n) is 8.93. The van der Waals surface area contributed by atoms with Crippen molar-refractivity contribution in [3.63, 3.8) is 0 Å². The predicted octanol–water partition coefficient (Wildman–Crippen LogP) is 9.58. The second-order valence-corrected chi connectivity index (χ2v) is 15.7. The van der Waals surface area contributed by atoms with Crippen LogP contribution in [0.4, 0.5) is 18.9 Å². The van der Waals surface area contributed by atoms with Crippen LogP contribution in [-0.2, 0) is 9.59 Å². The van der Waals surface area contributed by atoms with Crippen LogP contribution in [0.3, 0.4) is 0 Å². The van der Waals surface area contributed by atoms with Crippen molar-refractivity contribution in [3.8, 4) is 11.3 Å². The van der Waals surface area contributed by atoms with Gasteiger partial charge in [0.25, 0.3) is 0 Å². The van der Waals surface area contributed by atoms with E-state index in [1.54, 1.807) is 53.9 Å². The van der Waals surface area contributed by atoms with E-state index in [9.17, 15) is 22.8 Å². The molecule has 2 amide bonds. The zero-order valence-corrected chi connectivity index (χ0v) is 32.8. The first-order valence-electron chi connectivity index (χ1n) is 17.1. The van der Waals surface area contributed by atoms with Crippen molar-refractivity contribution >= 4 is 77.2 Å². The zero-order chi connectivity index (χ0) is 38.0. The standard InChI is InChI=1S/C31H29F2N5O2.C6H4BrF.C3H2BrNS/c32-24-5-1-20(2-6-24)21-12-15-38(16-13-21)29(39)19-37-14-11-23(18-37)31(40)34-26-9-10-28-27(17-26)30(36-35-28)22-3-7-25(33)8-4-22;7-5-1-3-6(8)4-2-5;4-3-5-1-2-6-3/h1-10,12,17,23H,11,13-16,18-19H2,(H,34,40)(H,35,36);1-4H;1-2H/t23-;;/m1../s1. The first-order valence-corrected chi connectivity index (χ1v) is 19.5. The largest absolute Gasteiger partial charge is 0.338 e. The molecule has 2 aliphatic rings. The maximum absolute atomic E-state index is 13.4. The number of carbonyl (C=O) groups is 2. The highest BCUT2D eigenvalue weighted by Crippen LogP contribution is 2.29. The van der Waals surface area contributed by atoms with E-state index in [0.717, 1.165) is 42.4 Å². The lowest BCUT2D eigenvalue weighted by atomic mass is 9.99. The lowest BCUT2D eigenvalue weighted by molar-refractivity contribution is -0.132. The predicted molar refractivity (Wildman–Crippen MR) is 214 cm³/mol. The fourth-order valence-electron chi connectivity index (χ4n) is 6.10. The molecule has 8 nitrogen and oxygen atoms in total. The first kappa shape index (κ1) is 39.1. The highest BCUT2D eigenvalue weighted by molar-refractivity contribution is 9.11. The SMILES string of the molecule is Brc1nccs1.Fc1ccc(Br)cc1.O=C(Nc1ccc2[nH]nc(-c3ccc(F)cc3)c2c1)[C@@H]1CCN(CC(=O)N2CC=C(c3ccc(F)cc3)CC2)C1. The van der Waals surface area contributed by atoms with Crippen molar-refractivity contribution in [2.24, 2.45) is 5.92 Å². The fourth-order valence-corrected chi connectivity index (χ4v) is 7.16. The summed E-state index contributed by atoms with van der Waals surface area (Å²) < 4.78 is 40.5. The Kier molecular flexibility index (Phi) is 13.5. The average molecular weight is 881 g/mol. The smallest absolute Gasteiger partial charge is 0.237 e. The topological polar surface area (TPSA) is 94.2 Å². The van der Waals surface area contributed by atoms with Crippen LogP contribution in [0.15, 0.2) is 117 Å². The van der Waals surface area contributed by atoms with Gasteiger partial charge in [-0.2, -0.15) is 5.10 Å². The monoisotopic (exact) mass is 878 g/mol. The quantitative estimate of drug-likeness (QED) is 0.174. The molecule has 0 saturated carbocycles. The summed E-state index contributed by atoms with van der Waals surface area (Å²) >= 11 is 7.95. The van der Waals surface area contributed by atoms with Crippen LogP contribution in [-0.4, -0.2) is 69.5 Å². The Bertz CT molecular complexity index is 2180. The van der Waals surface area contributed by atoms with E-state index >= 15 is 0 Å². The van der Waals surface area contributed by atoms with Gasteiger partial charge in [-0.1, -0.05) is 34.1 Å². The highest BCUT2D eigenvalue weighted by Gasteiger charge is 2.31. The minimum atomic E-state index is -0.312. The summed E-state index contributed by atoms with van der Waals surface area (Å²) in [5.41, 5.74) is 5.06. The Morgan fingerprint density at radius 3 is 2.11 bits per heavy atom. The van der Waals surface area contributed by atoms with E-state index in [-0.39, 0.29) is 41.7 Å². The number of thiazole rings is 1. The zero-order valence-electron chi connectivity index (χ0n) is 28.8. The number of H-pyrrole nitrogens is 1. The molecule has 0 unspecified atom stereocenters. The maximum Gasteiger partial charge on any atom is 0.237 e. The van der Waals surface area contributed by atoms with Gasteiger partial charge in [0, 0.05) is 52.3 Å². The normalized spacial score (nSPS) is 15.5. The molecule has 2 aliphatic heterocycles. The summed E-state index contributed by atoms with van der Waals surface area (Å²) in [7, 11) is 0. The molecule has 1 saturated heterocycles. The average Bonchev–Trinajstić information content (AvgIpc) is 3.96. The molecule has 1 fully saturated rings. The van der Waals surface area contributed by atoms with Crippen LogP contribution < -0.4 is 5.32 Å². The first-order chi connectivity index (χ1) is 26.1. The number of fused-ring (bicyclic) bond motifs is 1. The Morgan fingerprint density at radius 2 is 1.54 bits per heavy atom. The van der Waals surface area contributed by atoms with E-state index < -0.39 is 0 Å². The van der Waals surface area contributed by atoms with Crippen molar-refractivity contribution in [1.29, 1.82) is 0 Å². The molecular weight excluding hydrogens is 845 g/mol. The number of aromatic amines is 1. The molecule has 0 aliphatic carbocycles. The number of likely N-dealkylation sites (tertiary alicyclic amines) is 1. The lowest BCUT2D eigenvalue weighted by Crippen LogP contribution is -2.41. The minimum Gasteiger partial charge on any atom is -0.338 e. The number of halogens is 5. The summed E-state index contributed by atoms with van der Waals surface area (Å²) in [6.45, 7) is 2.64. The van der Waals surface area contributed by atoms with Crippen LogP contribution in [0.1, 0.15) is 18.4 Å². The number of hydrogen-bond donors (Lipinski definition) is 2. The van der Waals surface area contributed by atoms with Crippen LogP contribution in [0.5, 0.6) is 0 Å². The number of rotatable bonds is 6. The highest BCUT2D eigenvalue weighted by atomic mass is 79.9. The van der Waals surface area contributed by atoms with Gasteiger partial charge < -0.3 is 10.2 Å². The molecule has 0 bridgehead atoms. The summed E-state index contributed by atoms with van der Waals surface area (Å²) in [6, 6.07) is 24.3. The fraction of sp³-hybridized carbons (Fsp3) is 0.200. The second-order valence-electron chi connectivity index (χ2n) is 12.6.